The lowest BCUT2D eigenvalue weighted by atomic mass is 10.1. The number of rotatable bonds is 8. The number of ether oxygens (including phenoxy) is 2. The zero-order valence-electron chi connectivity index (χ0n) is 17.4. The topological polar surface area (TPSA) is 114 Å². The largest absolute Gasteiger partial charge is 0.497 e. The first-order chi connectivity index (χ1) is 15.9. The number of nitro groups is 1. The highest BCUT2D eigenvalue weighted by atomic mass is 127. The highest BCUT2D eigenvalue weighted by Crippen LogP contribution is 2.25. The van der Waals surface area contributed by atoms with Crippen molar-refractivity contribution in [3.63, 3.8) is 0 Å². The number of nitro benzene ring substituents is 1. The molecule has 33 heavy (non-hydrogen) atoms. The fraction of sp³-hybridized carbons (Fsp3) is 0.0833. The molecule has 0 radical (unpaired) electrons. The number of carbonyl (C=O) groups excluding carboxylic acids is 1. The van der Waals surface area contributed by atoms with Crippen LogP contribution in [0.25, 0.3) is 6.08 Å². The van der Waals surface area contributed by atoms with Gasteiger partial charge in [-0.05, 0) is 76.2 Å². The Morgan fingerprint density at radius 2 is 1.94 bits per heavy atom. The number of halogens is 1. The van der Waals surface area contributed by atoms with Crippen LogP contribution in [0.4, 0.5) is 11.4 Å². The minimum absolute atomic E-state index is 0.00299. The van der Waals surface area contributed by atoms with Crippen LogP contribution in [0.1, 0.15) is 11.1 Å². The molecule has 0 aliphatic heterocycles. The van der Waals surface area contributed by atoms with E-state index in [1.165, 1.54) is 18.2 Å². The van der Waals surface area contributed by atoms with E-state index < -0.39 is 10.8 Å². The van der Waals surface area contributed by atoms with Gasteiger partial charge in [-0.1, -0.05) is 18.2 Å². The molecule has 0 aliphatic rings. The highest BCUT2D eigenvalue weighted by Gasteiger charge is 2.11. The lowest BCUT2D eigenvalue weighted by Gasteiger charge is -2.09. The van der Waals surface area contributed by atoms with Gasteiger partial charge in [-0.25, -0.2) is 0 Å². The van der Waals surface area contributed by atoms with Crippen LogP contribution in [0.3, 0.4) is 0 Å². The first-order valence-electron chi connectivity index (χ1n) is 9.62. The molecule has 1 N–H and O–H groups in total. The van der Waals surface area contributed by atoms with E-state index in [4.69, 9.17) is 9.47 Å². The molecule has 8 nitrogen and oxygen atoms in total. The number of benzene rings is 3. The third kappa shape index (κ3) is 6.54. The fourth-order valence-electron chi connectivity index (χ4n) is 2.83. The van der Waals surface area contributed by atoms with Crippen LogP contribution in [-0.2, 0) is 11.4 Å². The minimum atomic E-state index is -0.524. The minimum Gasteiger partial charge on any atom is -0.497 e. The van der Waals surface area contributed by atoms with Gasteiger partial charge in [0.05, 0.1) is 15.6 Å². The van der Waals surface area contributed by atoms with E-state index >= 15 is 0 Å². The summed E-state index contributed by atoms with van der Waals surface area (Å²) in [5.41, 5.74) is 1.83. The van der Waals surface area contributed by atoms with Crippen molar-refractivity contribution in [3.05, 3.63) is 97.1 Å². The van der Waals surface area contributed by atoms with Crippen molar-refractivity contribution in [2.24, 2.45) is 0 Å². The molecule has 9 heteroatoms. The Morgan fingerprint density at radius 3 is 2.58 bits per heavy atom. The molecule has 0 saturated heterocycles. The Kier molecular flexibility index (Phi) is 7.99. The maximum absolute atomic E-state index is 12.5. The second-order valence-corrected chi connectivity index (χ2v) is 7.92. The second-order valence-electron chi connectivity index (χ2n) is 6.76. The molecule has 0 fully saturated rings. The lowest BCUT2D eigenvalue weighted by molar-refractivity contribution is -0.384. The van der Waals surface area contributed by atoms with Crippen LogP contribution >= 0.6 is 22.6 Å². The smallest absolute Gasteiger partial charge is 0.269 e. The maximum Gasteiger partial charge on any atom is 0.269 e. The Labute approximate surface area is 203 Å². The lowest BCUT2D eigenvalue weighted by Crippen LogP contribution is -2.13. The zero-order valence-corrected chi connectivity index (χ0v) is 19.6. The van der Waals surface area contributed by atoms with Crippen molar-refractivity contribution in [2.45, 2.75) is 6.61 Å². The second kappa shape index (κ2) is 11.1. The fourth-order valence-corrected chi connectivity index (χ4v) is 3.53. The van der Waals surface area contributed by atoms with E-state index in [9.17, 15) is 20.2 Å². The zero-order chi connectivity index (χ0) is 23.8. The molecule has 0 unspecified atom stereocenters. The third-order valence-corrected chi connectivity index (χ3v) is 5.34. The van der Waals surface area contributed by atoms with Crippen LogP contribution in [0.15, 0.2) is 72.3 Å². The molecule has 3 aromatic rings. The van der Waals surface area contributed by atoms with Crippen LogP contribution in [0.2, 0.25) is 0 Å². The molecule has 1 amide bonds. The van der Waals surface area contributed by atoms with Crippen molar-refractivity contribution in [3.8, 4) is 17.6 Å². The van der Waals surface area contributed by atoms with Gasteiger partial charge < -0.3 is 14.8 Å². The van der Waals surface area contributed by atoms with Gasteiger partial charge in [0, 0.05) is 17.8 Å². The number of nitriles is 1. The van der Waals surface area contributed by atoms with Gasteiger partial charge in [-0.15, -0.1) is 0 Å². The summed E-state index contributed by atoms with van der Waals surface area (Å²) in [6, 6.07) is 20.2. The standard InChI is InChI=1S/C24H18IN3O5/c1-32-21-8-6-19(7-9-21)27-24(29)18(14-26)11-16-5-10-23(22(25)13-16)33-15-17-3-2-4-20(12-17)28(30)31/h2-13H,15H2,1H3,(H,27,29)/b18-11-. The molecular formula is C24H18IN3O5. The van der Waals surface area contributed by atoms with Gasteiger partial charge in [-0.3, -0.25) is 14.9 Å². The Morgan fingerprint density at radius 1 is 1.18 bits per heavy atom. The molecule has 0 atom stereocenters. The molecule has 0 bridgehead atoms. The van der Waals surface area contributed by atoms with E-state index in [2.05, 4.69) is 27.9 Å². The number of nitrogens with one attached hydrogen (secondary N) is 1. The molecule has 0 spiro atoms. The summed E-state index contributed by atoms with van der Waals surface area (Å²) >= 11 is 2.09. The van der Waals surface area contributed by atoms with E-state index in [1.54, 1.807) is 61.7 Å². The van der Waals surface area contributed by atoms with E-state index in [0.29, 0.717) is 28.3 Å². The SMILES string of the molecule is COc1ccc(NC(=O)/C(C#N)=C\c2ccc(OCc3cccc([N+](=O)[O-])c3)c(I)c2)cc1. The van der Waals surface area contributed by atoms with Crippen LogP contribution in [0, 0.1) is 25.0 Å². The quantitative estimate of drug-likeness (QED) is 0.132. The van der Waals surface area contributed by atoms with Gasteiger partial charge in [0.25, 0.3) is 11.6 Å². The molecular weight excluding hydrogens is 537 g/mol. The van der Waals surface area contributed by atoms with Crippen molar-refractivity contribution >= 4 is 45.9 Å². The van der Waals surface area contributed by atoms with Gasteiger partial charge in [0.1, 0.15) is 29.7 Å². The van der Waals surface area contributed by atoms with Crippen molar-refractivity contribution in [1.82, 2.24) is 0 Å². The Balaban J connectivity index is 1.69. The molecule has 0 aromatic heterocycles. The summed E-state index contributed by atoms with van der Waals surface area (Å²) in [6.45, 7) is 0.167. The number of carbonyl (C=O) groups is 1. The Bertz CT molecular complexity index is 1250. The third-order valence-electron chi connectivity index (χ3n) is 4.50. The number of amides is 1. The van der Waals surface area contributed by atoms with Crippen molar-refractivity contribution in [1.29, 1.82) is 5.26 Å². The van der Waals surface area contributed by atoms with Crippen molar-refractivity contribution in [2.75, 3.05) is 12.4 Å². The van der Waals surface area contributed by atoms with Crippen molar-refractivity contribution < 1.29 is 19.2 Å². The van der Waals surface area contributed by atoms with Crippen LogP contribution in [-0.4, -0.2) is 17.9 Å². The molecule has 3 rings (SSSR count). The van der Waals surface area contributed by atoms with Gasteiger partial charge in [0.15, 0.2) is 0 Å². The average Bonchev–Trinajstić information content (AvgIpc) is 2.82. The summed E-state index contributed by atoms with van der Waals surface area (Å²) in [5, 5.41) is 23.0. The summed E-state index contributed by atoms with van der Waals surface area (Å²) < 4.78 is 11.6. The Hall–Kier alpha value is -3.91. The summed E-state index contributed by atoms with van der Waals surface area (Å²) in [5.74, 6) is 0.718. The number of anilines is 1. The molecule has 166 valence electrons. The van der Waals surface area contributed by atoms with Gasteiger partial charge in [-0.2, -0.15) is 5.26 Å². The number of hydrogen-bond acceptors (Lipinski definition) is 6. The molecule has 3 aromatic carbocycles. The van der Waals surface area contributed by atoms with Gasteiger partial charge >= 0.3 is 0 Å². The normalized spacial score (nSPS) is 10.8. The van der Waals surface area contributed by atoms with E-state index in [1.807, 2.05) is 6.07 Å². The summed E-state index contributed by atoms with van der Waals surface area (Å²) in [6.07, 6.45) is 1.49. The molecule has 0 heterocycles. The number of hydrogen-bond donors (Lipinski definition) is 1. The van der Waals surface area contributed by atoms with Gasteiger partial charge in [0.2, 0.25) is 0 Å². The number of nitrogens with zero attached hydrogens (tertiary/aromatic N) is 2. The van der Waals surface area contributed by atoms with Crippen LogP contribution in [0.5, 0.6) is 11.5 Å². The summed E-state index contributed by atoms with van der Waals surface area (Å²) in [7, 11) is 1.55. The predicted octanol–water partition coefficient (Wildman–Crippen LogP) is 5.33. The number of methoxy groups -OCH3 is 1. The maximum atomic E-state index is 12.5. The number of non-ortho nitro benzene ring substituents is 1. The monoisotopic (exact) mass is 555 g/mol. The highest BCUT2D eigenvalue weighted by molar-refractivity contribution is 14.1. The summed E-state index contributed by atoms with van der Waals surface area (Å²) in [4.78, 5) is 22.9. The average molecular weight is 555 g/mol. The first-order valence-corrected chi connectivity index (χ1v) is 10.7. The predicted molar refractivity (Wildman–Crippen MR) is 132 cm³/mol. The van der Waals surface area contributed by atoms with E-state index in [0.717, 1.165) is 3.57 Å². The molecule has 0 aliphatic carbocycles. The van der Waals surface area contributed by atoms with Crippen LogP contribution < -0.4 is 14.8 Å². The first kappa shape index (κ1) is 23.7. The van der Waals surface area contributed by atoms with E-state index in [-0.39, 0.29) is 17.9 Å². The molecule has 0 saturated carbocycles.